The van der Waals surface area contributed by atoms with Crippen LogP contribution in [0, 0.1) is 5.41 Å². The first-order valence-electron chi connectivity index (χ1n) is 5.68. The summed E-state index contributed by atoms with van der Waals surface area (Å²) in [7, 11) is 0. The van der Waals surface area contributed by atoms with E-state index in [0.29, 0.717) is 6.54 Å². The molecule has 0 aromatic carbocycles. The molecular weight excluding hydrogens is 217 g/mol. The fourth-order valence-electron chi connectivity index (χ4n) is 1.65. The van der Waals surface area contributed by atoms with E-state index in [1.165, 1.54) is 4.90 Å². The molecule has 5 heteroatoms. The van der Waals surface area contributed by atoms with Gasteiger partial charge < -0.3 is 5.73 Å². The number of nitrogens with zero attached hydrogens (tertiary/aromatic N) is 1. The van der Waals surface area contributed by atoms with E-state index in [9.17, 15) is 13.2 Å². The molecule has 0 aliphatic heterocycles. The second-order valence-electron chi connectivity index (χ2n) is 5.53. The van der Waals surface area contributed by atoms with E-state index in [-0.39, 0.29) is 17.5 Å². The van der Waals surface area contributed by atoms with E-state index in [0.717, 1.165) is 12.8 Å². The van der Waals surface area contributed by atoms with Gasteiger partial charge in [0.25, 0.3) is 0 Å². The summed E-state index contributed by atoms with van der Waals surface area (Å²) in [4.78, 5) is 1.53. The Morgan fingerprint density at radius 3 is 2.06 bits per heavy atom. The van der Waals surface area contributed by atoms with Crippen molar-refractivity contribution in [1.29, 1.82) is 0 Å². The Balaban J connectivity index is 2.58. The number of rotatable bonds is 5. The third kappa shape index (κ3) is 4.29. The van der Waals surface area contributed by atoms with Gasteiger partial charge in [-0.2, -0.15) is 13.2 Å². The topological polar surface area (TPSA) is 29.3 Å². The highest BCUT2D eigenvalue weighted by Gasteiger charge is 2.40. The highest BCUT2D eigenvalue weighted by molar-refractivity contribution is 4.90. The van der Waals surface area contributed by atoms with Crippen LogP contribution in [0.3, 0.4) is 0 Å². The van der Waals surface area contributed by atoms with Gasteiger partial charge in [0.2, 0.25) is 0 Å². The Morgan fingerprint density at radius 1 is 1.25 bits per heavy atom. The molecule has 0 amide bonds. The lowest BCUT2D eigenvalue weighted by atomic mass is 9.85. The highest BCUT2D eigenvalue weighted by atomic mass is 19.4. The van der Waals surface area contributed by atoms with Crippen LogP contribution < -0.4 is 5.73 Å². The summed E-state index contributed by atoms with van der Waals surface area (Å²) in [5, 5.41) is 0. The van der Waals surface area contributed by atoms with Gasteiger partial charge in [-0.1, -0.05) is 13.8 Å². The van der Waals surface area contributed by atoms with E-state index in [2.05, 4.69) is 0 Å². The second-order valence-corrected chi connectivity index (χ2v) is 5.53. The van der Waals surface area contributed by atoms with Crippen molar-refractivity contribution in [2.45, 2.75) is 51.9 Å². The molecule has 0 aromatic rings. The molecule has 0 aromatic heterocycles. The zero-order valence-electron chi connectivity index (χ0n) is 10.1. The molecule has 2 nitrogen and oxygen atoms in total. The van der Waals surface area contributed by atoms with Crippen LogP contribution >= 0.6 is 0 Å². The highest BCUT2D eigenvalue weighted by Crippen LogP contribution is 2.33. The molecule has 1 aliphatic carbocycles. The van der Waals surface area contributed by atoms with Crippen LogP contribution in [0.25, 0.3) is 0 Å². The number of hydrogen-bond acceptors (Lipinski definition) is 2. The monoisotopic (exact) mass is 238 g/mol. The molecular formula is C11H21F3N2. The third-order valence-corrected chi connectivity index (χ3v) is 3.29. The Bertz CT molecular complexity index is 232. The van der Waals surface area contributed by atoms with Gasteiger partial charge in [0.1, 0.15) is 0 Å². The average molecular weight is 238 g/mol. The van der Waals surface area contributed by atoms with Crippen LogP contribution in [0.5, 0.6) is 0 Å². The summed E-state index contributed by atoms with van der Waals surface area (Å²) >= 11 is 0. The predicted octanol–water partition coefficient (Wildman–Crippen LogP) is 2.39. The Morgan fingerprint density at radius 2 is 1.75 bits per heavy atom. The van der Waals surface area contributed by atoms with Gasteiger partial charge in [0.05, 0.1) is 6.54 Å². The van der Waals surface area contributed by atoms with Crippen molar-refractivity contribution in [3.63, 3.8) is 0 Å². The van der Waals surface area contributed by atoms with E-state index < -0.39 is 12.7 Å². The number of alkyl halides is 3. The molecule has 1 fully saturated rings. The molecule has 2 N–H and O–H groups in total. The van der Waals surface area contributed by atoms with Gasteiger partial charge in [-0.25, -0.2) is 0 Å². The molecule has 1 unspecified atom stereocenters. The van der Waals surface area contributed by atoms with Gasteiger partial charge in [-0.05, 0) is 25.2 Å². The average Bonchev–Trinajstić information content (AvgIpc) is 2.80. The maximum Gasteiger partial charge on any atom is 0.401 e. The minimum atomic E-state index is -4.11. The second kappa shape index (κ2) is 4.53. The van der Waals surface area contributed by atoms with Crippen LogP contribution in [0.15, 0.2) is 0 Å². The molecule has 0 saturated heterocycles. The number of nitrogens with two attached hydrogens (primary N) is 1. The lowest BCUT2D eigenvalue weighted by Crippen LogP contribution is -2.47. The fourth-order valence-corrected chi connectivity index (χ4v) is 1.65. The van der Waals surface area contributed by atoms with Gasteiger partial charge in [0, 0.05) is 18.6 Å². The molecule has 0 bridgehead atoms. The predicted molar refractivity (Wildman–Crippen MR) is 58.1 cm³/mol. The van der Waals surface area contributed by atoms with Crippen molar-refractivity contribution >= 4 is 0 Å². The maximum absolute atomic E-state index is 12.4. The van der Waals surface area contributed by atoms with Crippen LogP contribution in [-0.2, 0) is 0 Å². The first-order valence-corrected chi connectivity index (χ1v) is 5.68. The van der Waals surface area contributed by atoms with E-state index >= 15 is 0 Å². The van der Waals surface area contributed by atoms with E-state index in [4.69, 9.17) is 5.73 Å². The molecule has 0 heterocycles. The first kappa shape index (κ1) is 13.8. The summed E-state index contributed by atoms with van der Waals surface area (Å²) in [6, 6.07) is 0.00151. The molecule has 16 heavy (non-hydrogen) atoms. The van der Waals surface area contributed by atoms with Gasteiger partial charge in [-0.15, -0.1) is 0 Å². The molecule has 1 atom stereocenters. The van der Waals surface area contributed by atoms with Crippen molar-refractivity contribution in [2.24, 2.45) is 11.1 Å². The number of halogens is 3. The molecule has 0 spiro atoms. The normalized spacial score (nSPS) is 20.2. The fraction of sp³-hybridized carbons (Fsp3) is 1.00. The summed E-state index contributed by atoms with van der Waals surface area (Å²) in [6.07, 6.45) is -2.35. The minimum Gasteiger partial charge on any atom is -0.327 e. The summed E-state index contributed by atoms with van der Waals surface area (Å²) in [5.74, 6) is 0. The molecule has 1 aliphatic rings. The van der Waals surface area contributed by atoms with Crippen LogP contribution in [0.1, 0.15) is 33.6 Å². The smallest absolute Gasteiger partial charge is 0.327 e. The van der Waals surface area contributed by atoms with Crippen molar-refractivity contribution in [2.75, 3.05) is 13.1 Å². The SMILES string of the molecule is CC(N)C(C)(C)CN(CC(F)(F)F)C1CC1. The summed E-state index contributed by atoms with van der Waals surface area (Å²) in [6.45, 7) is 5.29. The van der Waals surface area contributed by atoms with Gasteiger partial charge in [-0.3, -0.25) is 4.90 Å². The van der Waals surface area contributed by atoms with Crippen molar-refractivity contribution in [3.8, 4) is 0 Å². The van der Waals surface area contributed by atoms with Crippen molar-refractivity contribution in [3.05, 3.63) is 0 Å². The summed E-state index contributed by atoms with van der Waals surface area (Å²) < 4.78 is 37.2. The third-order valence-electron chi connectivity index (χ3n) is 3.29. The zero-order chi connectivity index (χ0) is 12.6. The van der Waals surface area contributed by atoms with E-state index in [1.54, 1.807) is 0 Å². The minimum absolute atomic E-state index is 0.109. The van der Waals surface area contributed by atoms with Gasteiger partial charge >= 0.3 is 6.18 Å². The van der Waals surface area contributed by atoms with Gasteiger partial charge in [0.15, 0.2) is 0 Å². The van der Waals surface area contributed by atoms with Crippen LogP contribution in [0.2, 0.25) is 0 Å². The zero-order valence-corrected chi connectivity index (χ0v) is 10.1. The molecule has 1 rings (SSSR count). The van der Waals surface area contributed by atoms with Crippen molar-refractivity contribution in [1.82, 2.24) is 4.90 Å². The Kier molecular flexibility index (Phi) is 3.90. The maximum atomic E-state index is 12.4. The number of hydrogen-bond donors (Lipinski definition) is 1. The summed E-state index contributed by atoms with van der Waals surface area (Å²) in [5.41, 5.74) is 5.51. The van der Waals surface area contributed by atoms with Crippen LogP contribution in [-0.4, -0.2) is 36.2 Å². The first-order chi connectivity index (χ1) is 7.12. The standard InChI is InChI=1S/C11H21F3N2/c1-8(15)10(2,3)6-16(9-4-5-9)7-11(12,13)14/h8-9H,4-7,15H2,1-3H3. The van der Waals surface area contributed by atoms with Crippen LogP contribution in [0.4, 0.5) is 13.2 Å². The lowest BCUT2D eigenvalue weighted by molar-refractivity contribution is -0.150. The van der Waals surface area contributed by atoms with Crippen molar-refractivity contribution < 1.29 is 13.2 Å². The Hall–Kier alpha value is -0.290. The lowest BCUT2D eigenvalue weighted by Gasteiger charge is -2.36. The quantitative estimate of drug-likeness (QED) is 0.796. The Labute approximate surface area is 95.0 Å². The largest absolute Gasteiger partial charge is 0.401 e. The molecule has 1 saturated carbocycles. The molecule has 96 valence electrons. The molecule has 0 radical (unpaired) electrons. The van der Waals surface area contributed by atoms with E-state index in [1.807, 2.05) is 20.8 Å².